The highest BCUT2D eigenvalue weighted by atomic mass is 32.2. The number of ether oxygens (including phenoxy) is 6. The Hall–Kier alpha value is -6.03. The normalized spacial score (nSPS) is 14.3. The van der Waals surface area contributed by atoms with Crippen LogP contribution in [-0.4, -0.2) is 103 Å². The minimum absolute atomic E-state index is 0.0682. The number of nitrogens with one attached hydrogen (secondary N) is 3. The molecule has 5 rings (SSSR count). The van der Waals surface area contributed by atoms with Gasteiger partial charge in [0.05, 0.1) is 58.1 Å². The Kier molecular flexibility index (Phi) is 24.0. The van der Waals surface area contributed by atoms with Gasteiger partial charge in [0.25, 0.3) is 5.91 Å². The molecule has 70 heavy (non-hydrogen) atoms. The zero-order valence-electron chi connectivity index (χ0n) is 40.8. The van der Waals surface area contributed by atoms with Crippen LogP contribution in [0.25, 0.3) is 0 Å². The number of hydrogen-bond acceptors (Lipinski definition) is 10. The van der Waals surface area contributed by atoms with Gasteiger partial charge in [-0.25, -0.2) is 4.39 Å². The van der Waals surface area contributed by atoms with E-state index in [0.717, 1.165) is 46.6 Å². The molecule has 0 aromatic heterocycles. The van der Waals surface area contributed by atoms with Crippen molar-refractivity contribution in [1.82, 2.24) is 16.0 Å². The molecule has 0 fully saturated rings. The van der Waals surface area contributed by atoms with Gasteiger partial charge in [-0.3, -0.25) is 14.4 Å². The number of carbonyl (C=O) groups is 3. The van der Waals surface area contributed by atoms with Crippen LogP contribution in [0.4, 0.5) is 4.39 Å². The lowest BCUT2D eigenvalue weighted by atomic mass is 9.83. The molecule has 0 saturated carbocycles. The summed E-state index contributed by atoms with van der Waals surface area (Å²) in [4.78, 5) is 38.3. The van der Waals surface area contributed by atoms with Gasteiger partial charge < -0.3 is 44.4 Å². The van der Waals surface area contributed by atoms with Gasteiger partial charge in [-0.1, -0.05) is 90.8 Å². The molecule has 374 valence electrons. The minimum Gasteiger partial charge on any atom is -0.497 e. The third-order valence-corrected chi connectivity index (χ3v) is 13.1. The third-order valence-electron chi connectivity index (χ3n) is 11.5. The van der Waals surface area contributed by atoms with Crippen molar-refractivity contribution in [3.05, 3.63) is 125 Å². The van der Waals surface area contributed by atoms with Gasteiger partial charge in [0, 0.05) is 70.7 Å². The predicted octanol–water partition coefficient (Wildman–Crippen LogP) is 8.31. The van der Waals surface area contributed by atoms with E-state index >= 15 is 0 Å². The van der Waals surface area contributed by atoms with Crippen LogP contribution in [-0.2, 0) is 39.9 Å². The maximum atomic E-state index is 15.0. The predicted molar refractivity (Wildman–Crippen MR) is 273 cm³/mol. The monoisotopic (exact) mass is 977 g/mol. The van der Waals surface area contributed by atoms with Gasteiger partial charge in [0.2, 0.25) is 17.5 Å². The highest BCUT2D eigenvalue weighted by molar-refractivity contribution is 8.00. The average Bonchev–Trinajstić information content (AvgIpc) is 3.38. The number of halogens is 1. The Morgan fingerprint density at radius 3 is 1.91 bits per heavy atom. The molecule has 3 amide bonds. The van der Waals surface area contributed by atoms with E-state index in [1.807, 2.05) is 97.1 Å². The number of alkyl halides is 1. The van der Waals surface area contributed by atoms with E-state index in [4.69, 9.17) is 28.4 Å². The van der Waals surface area contributed by atoms with Crippen LogP contribution in [0.1, 0.15) is 92.0 Å². The van der Waals surface area contributed by atoms with Gasteiger partial charge in [0.1, 0.15) is 17.2 Å². The van der Waals surface area contributed by atoms with E-state index in [0.29, 0.717) is 108 Å². The van der Waals surface area contributed by atoms with E-state index < -0.39 is 16.3 Å². The van der Waals surface area contributed by atoms with E-state index in [-0.39, 0.29) is 31.1 Å². The lowest BCUT2D eigenvalue weighted by Crippen LogP contribution is -2.43. The largest absolute Gasteiger partial charge is 0.497 e. The van der Waals surface area contributed by atoms with Gasteiger partial charge >= 0.3 is 0 Å². The van der Waals surface area contributed by atoms with Crippen molar-refractivity contribution in [2.24, 2.45) is 0 Å². The molecular weight excluding hydrogens is 910 g/mol. The fraction of sp³-hybridized carbons (Fsp3) is 0.446. The first-order chi connectivity index (χ1) is 34.2. The van der Waals surface area contributed by atoms with Gasteiger partial charge in [0.15, 0.2) is 0 Å². The van der Waals surface area contributed by atoms with Crippen molar-refractivity contribution >= 4 is 29.5 Å². The molecule has 14 heteroatoms. The summed E-state index contributed by atoms with van der Waals surface area (Å²) in [6, 6.07) is 31.7. The van der Waals surface area contributed by atoms with Crippen molar-refractivity contribution in [2.75, 3.05) is 79.8 Å². The molecule has 1 atom stereocenters. The Morgan fingerprint density at radius 1 is 0.686 bits per heavy atom. The number of thioether (sulfide) groups is 1. The molecule has 0 radical (unpaired) electrons. The van der Waals surface area contributed by atoms with Crippen molar-refractivity contribution in [3.63, 3.8) is 0 Å². The number of amides is 3. The van der Waals surface area contributed by atoms with E-state index in [1.165, 1.54) is 0 Å². The van der Waals surface area contributed by atoms with Gasteiger partial charge in [-0.05, 0) is 84.3 Å². The van der Waals surface area contributed by atoms with Crippen LogP contribution >= 0.6 is 11.8 Å². The molecule has 4 aromatic carbocycles. The summed E-state index contributed by atoms with van der Waals surface area (Å²) in [6.07, 6.45) is 5.35. The maximum absolute atomic E-state index is 15.0. The summed E-state index contributed by atoms with van der Waals surface area (Å²) >= 11 is 1.65. The molecule has 1 unspecified atom stereocenters. The van der Waals surface area contributed by atoms with E-state index in [9.17, 15) is 18.8 Å². The molecule has 3 N–H and O–H groups in total. The molecule has 1 aliphatic carbocycles. The maximum Gasteiger partial charge on any atom is 0.270 e. The number of carbonyl (C=O) groups excluding carboxylic acids is 3. The first-order valence-electron chi connectivity index (χ1n) is 24.1. The topological polar surface area (TPSA) is 143 Å². The second kappa shape index (κ2) is 30.5. The Morgan fingerprint density at radius 2 is 1.29 bits per heavy atom. The quantitative estimate of drug-likeness (QED) is 0.0276. The second-order valence-electron chi connectivity index (χ2n) is 16.5. The van der Waals surface area contributed by atoms with Crippen LogP contribution in [0.5, 0.6) is 17.2 Å². The summed E-state index contributed by atoms with van der Waals surface area (Å²) in [5.41, 5.74) is 2.49. The fourth-order valence-electron chi connectivity index (χ4n) is 7.68. The molecule has 0 bridgehead atoms. The molecule has 0 spiro atoms. The van der Waals surface area contributed by atoms with Crippen molar-refractivity contribution in [1.29, 1.82) is 0 Å². The standard InChI is InChI=1S/C56H68FN3O9S/c1-64-49-25-20-46(21-26-49)56(47-22-27-50(65-2)28-23-47,48-24-29-51(66-3)45(42-48)18-10-11-19-52(61)60-43-44-16-8-7-9-17-44)70-41-30-53(62)58-33-14-35-67-37-39-69-40-38-68-36-15-34-59-54(63)55(57)31-12-5-4-6-13-32-55/h7-9,16-17,20-29,42H,4-6,11-12,14-15,19,30-31,33-41,43H2,1-3H3,(H,58,62)(H,59,63)(H,60,61). The lowest BCUT2D eigenvalue weighted by molar-refractivity contribution is -0.130. The molecule has 12 nitrogen and oxygen atoms in total. The Labute approximate surface area is 417 Å². The van der Waals surface area contributed by atoms with Crippen molar-refractivity contribution in [2.45, 2.75) is 81.2 Å². The van der Waals surface area contributed by atoms with Gasteiger partial charge in [-0.2, -0.15) is 0 Å². The lowest BCUT2D eigenvalue weighted by Gasteiger charge is -2.36. The number of methoxy groups -OCH3 is 3. The zero-order chi connectivity index (χ0) is 49.7. The average molecular weight is 978 g/mol. The van der Waals surface area contributed by atoms with E-state index in [2.05, 4.69) is 39.6 Å². The molecule has 4 aromatic rings. The van der Waals surface area contributed by atoms with E-state index in [1.54, 1.807) is 33.1 Å². The number of benzene rings is 4. The summed E-state index contributed by atoms with van der Waals surface area (Å²) in [5.74, 6) is 13.5. The van der Waals surface area contributed by atoms with Crippen LogP contribution < -0.4 is 30.2 Å². The van der Waals surface area contributed by atoms with Crippen LogP contribution in [0.3, 0.4) is 0 Å². The van der Waals surface area contributed by atoms with Crippen LogP contribution in [0.2, 0.25) is 0 Å². The van der Waals surface area contributed by atoms with Crippen LogP contribution in [0.15, 0.2) is 97.1 Å². The summed E-state index contributed by atoms with van der Waals surface area (Å²) in [7, 11) is 4.88. The summed E-state index contributed by atoms with van der Waals surface area (Å²) < 4.78 is 47.9. The fourth-order valence-corrected chi connectivity index (χ4v) is 9.18. The Bertz CT molecular complexity index is 2300. The Balaban J connectivity index is 1.09. The first kappa shape index (κ1) is 54.9. The SMILES string of the molecule is COc1ccc(C(SCCC(=O)NCCCOCCOCCOCCCNC(=O)C2(F)C#CCCCCC2)(c2ccc(OC)cc2)c2ccc(OC)c(C#CCCC(=O)NCc3ccccc3)c2)cc1. The highest BCUT2D eigenvalue weighted by Crippen LogP contribution is 2.50. The van der Waals surface area contributed by atoms with Crippen LogP contribution in [0, 0.1) is 23.7 Å². The number of hydrogen-bond donors (Lipinski definition) is 3. The molecular formula is C56H68FN3O9S. The first-order valence-corrected chi connectivity index (χ1v) is 25.1. The smallest absolute Gasteiger partial charge is 0.270 e. The molecule has 0 aliphatic heterocycles. The summed E-state index contributed by atoms with van der Waals surface area (Å²) in [6.45, 7) is 3.75. The van der Waals surface area contributed by atoms with Gasteiger partial charge in [-0.15, -0.1) is 11.8 Å². The summed E-state index contributed by atoms with van der Waals surface area (Å²) in [5, 5.41) is 8.66. The second-order valence-corrected chi connectivity index (χ2v) is 17.8. The van der Waals surface area contributed by atoms with Crippen molar-refractivity contribution < 1.29 is 47.2 Å². The molecule has 0 saturated heterocycles. The van der Waals surface area contributed by atoms with Crippen molar-refractivity contribution in [3.8, 4) is 40.9 Å². The molecule has 1 aliphatic rings. The minimum atomic E-state index is -2.10. The number of rotatable bonds is 29. The highest BCUT2D eigenvalue weighted by Gasteiger charge is 2.38. The molecule has 0 heterocycles. The zero-order valence-corrected chi connectivity index (χ0v) is 41.7. The third kappa shape index (κ3) is 17.7.